The van der Waals surface area contributed by atoms with Gasteiger partial charge in [-0.15, -0.1) is 0 Å². The zero-order chi connectivity index (χ0) is 21.2. The highest BCUT2D eigenvalue weighted by atomic mass is 16.5. The molecule has 0 atom stereocenters. The molecule has 1 aliphatic rings. The number of benzene rings is 1. The van der Waals surface area contributed by atoms with Gasteiger partial charge in [-0.05, 0) is 74.1 Å². The van der Waals surface area contributed by atoms with Crippen molar-refractivity contribution < 1.29 is 9.53 Å². The molecular formula is C26H41NO2. The van der Waals surface area contributed by atoms with Gasteiger partial charge in [0.15, 0.2) is 0 Å². The number of carbonyl (C=O) groups excluding carboxylic acids is 1. The summed E-state index contributed by atoms with van der Waals surface area (Å²) >= 11 is 0. The van der Waals surface area contributed by atoms with E-state index in [1.54, 1.807) is 18.9 Å². The van der Waals surface area contributed by atoms with Crippen LogP contribution in [-0.2, 0) is 11.2 Å². The summed E-state index contributed by atoms with van der Waals surface area (Å²) in [5.74, 6) is 2.55. The van der Waals surface area contributed by atoms with Gasteiger partial charge in [-0.2, -0.15) is 0 Å². The molecule has 162 valence electrons. The highest BCUT2D eigenvalue weighted by molar-refractivity contribution is 5.91. The van der Waals surface area contributed by atoms with E-state index >= 15 is 0 Å². The number of rotatable bonds is 11. The first kappa shape index (κ1) is 23.5. The molecule has 0 aliphatic heterocycles. The number of aryl methyl sites for hydroxylation is 1. The second-order valence-electron chi connectivity index (χ2n) is 8.78. The largest absolute Gasteiger partial charge is 0.492 e. The SMILES string of the molecule is C=C(C)C(=O)N(C)CCOc1ccc(C2CCC(CCCCC)CC2)c(CC)c1. The molecule has 1 aromatic rings. The molecule has 0 aromatic heterocycles. The molecule has 1 amide bonds. The van der Waals surface area contributed by atoms with Gasteiger partial charge >= 0.3 is 0 Å². The lowest BCUT2D eigenvalue weighted by Crippen LogP contribution is -2.31. The summed E-state index contributed by atoms with van der Waals surface area (Å²) in [5.41, 5.74) is 3.51. The highest BCUT2D eigenvalue weighted by Crippen LogP contribution is 2.39. The zero-order valence-corrected chi connectivity index (χ0v) is 19.1. The Bertz CT molecular complexity index is 659. The average molecular weight is 400 g/mol. The molecule has 29 heavy (non-hydrogen) atoms. The van der Waals surface area contributed by atoms with Crippen LogP contribution in [0.3, 0.4) is 0 Å². The van der Waals surface area contributed by atoms with Crippen LogP contribution in [0.4, 0.5) is 0 Å². The van der Waals surface area contributed by atoms with Crippen molar-refractivity contribution in [3.63, 3.8) is 0 Å². The molecule has 2 rings (SSSR count). The van der Waals surface area contributed by atoms with Gasteiger partial charge < -0.3 is 9.64 Å². The molecule has 0 spiro atoms. The van der Waals surface area contributed by atoms with E-state index in [1.165, 1.54) is 62.5 Å². The predicted octanol–water partition coefficient (Wildman–Crippen LogP) is 6.52. The Hall–Kier alpha value is -1.77. The Balaban J connectivity index is 1.87. The average Bonchev–Trinajstić information content (AvgIpc) is 2.73. The Morgan fingerprint density at radius 2 is 1.90 bits per heavy atom. The summed E-state index contributed by atoms with van der Waals surface area (Å²) < 4.78 is 5.94. The number of ether oxygens (including phenoxy) is 1. The Kier molecular flexibility index (Phi) is 9.76. The van der Waals surface area contributed by atoms with Crippen LogP contribution in [0.1, 0.15) is 89.2 Å². The third-order valence-corrected chi connectivity index (χ3v) is 6.41. The number of likely N-dealkylation sites (N-methyl/N-ethyl adjacent to an activating group) is 1. The predicted molar refractivity (Wildman–Crippen MR) is 123 cm³/mol. The summed E-state index contributed by atoms with van der Waals surface area (Å²) in [6, 6.07) is 6.62. The maximum atomic E-state index is 11.9. The van der Waals surface area contributed by atoms with E-state index in [2.05, 4.69) is 38.6 Å². The smallest absolute Gasteiger partial charge is 0.248 e. The first-order valence-electron chi connectivity index (χ1n) is 11.6. The van der Waals surface area contributed by atoms with Crippen LogP contribution in [0.15, 0.2) is 30.4 Å². The molecule has 1 saturated carbocycles. The number of amides is 1. The molecule has 0 unspecified atom stereocenters. The van der Waals surface area contributed by atoms with Gasteiger partial charge in [0.05, 0.1) is 6.54 Å². The van der Waals surface area contributed by atoms with Crippen molar-refractivity contribution in [1.29, 1.82) is 0 Å². The van der Waals surface area contributed by atoms with Crippen LogP contribution in [-0.4, -0.2) is 31.0 Å². The van der Waals surface area contributed by atoms with Gasteiger partial charge in [0.1, 0.15) is 12.4 Å². The van der Waals surface area contributed by atoms with E-state index in [9.17, 15) is 4.79 Å². The Labute approximate surface area is 178 Å². The summed E-state index contributed by atoms with van der Waals surface area (Å²) in [7, 11) is 1.79. The molecule has 1 fully saturated rings. The summed E-state index contributed by atoms with van der Waals surface area (Å²) in [4.78, 5) is 13.5. The van der Waals surface area contributed by atoms with Gasteiger partial charge in [-0.1, -0.05) is 52.2 Å². The van der Waals surface area contributed by atoms with Crippen LogP contribution in [0.2, 0.25) is 0 Å². The van der Waals surface area contributed by atoms with Crippen LogP contribution in [0, 0.1) is 5.92 Å². The lowest BCUT2D eigenvalue weighted by Gasteiger charge is -2.30. The minimum absolute atomic E-state index is 0.0245. The van der Waals surface area contributed by atoms with Crippen molar-refractivity contribution in [2.45, 2.75) is 84.5 Å². The number of carbonyl (C=O) groups is 1. The fraction of sp³-hybridized carbons (Fsp3) is 0.654. The van der Waals surface area contributed by atoms with Crippen molar-refractivity contribution in [2.75, 3.05) is 20.2 Å². The minimum atomic E-state index is -0.0245. The lowest BCUT2D eigenvalue weighted by atomic mass is 9.75. The second kappa shape index (κ2) is 12.0. The molecular weight excluding hydrogens is 358 g/mol. The van der Waals surface area contributed by atoms with Crippen LogP contribution >= 0.6 is 0 Å². The van der Waals surface area contributed by atoms with Gasteiger partial charge in [0.25, 0.3) is 0 Å². The van der Waals surface area contributed by atoms with Gasteiger partial charge in [-0.25, -0.2) is 0 Å². The second-order valence-corrected chi connectivity index (χ2v) is 8.78. The molecule has 0 N–H and O–H groups in total. The molecule has 0 heterocycles. The zero-order valence-electron chi connectivity index (χ0n) is 19.1. The van der Waals surface area contributed by atoms with E-state index in [0.29, 0.717) is 24.6 Å². The molecule has 0 radical (unpaired) electrons. The van der Waals surface area contributed by atoms with Gasteiger partial charge in [0, 0.05) is 12.6 Å². The van der Waals surface area contributed by atoms with Crippen LogP contribution in [0.5, 0.6) is 5.75 Å². The first-order chi connectivity index (χ1) is 14.0. The Morgan fingerprint density at radius 1 is 1.17 bits per heavy atom. The first-order valence-corrected chi connectivity index (χ1v) is 11.6. The van der Waals surface area contributed by atoms with E-state index in [1.807, 2.05) is 0 Å². The van der Waals surface area contributed by atoms with E-state index in [-0.39, 0.29) is 5.91 Å². The fourth-order valence-electron chi connectivity index (χ4n) is 4.55. The summed E-state index contributed by atoms with van der Waals surface area (Å²) in [5, 5.41) is 0. The third-order valence-electron chi connectivity index (χ3n) is 6.41. The van der Waals surface area contributed by atoms with Crippen molar-refractivity contribution in [1.82, 2.24) is 4.90 Å². The summed E-state index contributed by atoms with van der Waals surface area (Å²) in [6.07, 6.45) is 12.0. The number of hydrogen-bond donors (Lipinski definition) is 0. The third kappa shape index (κ3) is 7.21. The molecule has 1 aliphatic carbocycles. The normalized spacial score (nSPS) is 19.0. The monoisotopic (exact) mass is 399 g/mol. The molecule has 3 nitrogen and oxygen atoms in total. The molecule has 3 heteroatoms. The molecule has 0 bridgehead atoms. The van der Waals surface area contributed by atoms with Crippen molar-refractivity contribution >= 4 is 5.91 Å². The summed E-state index contributed by atoms with van der Waals surface area (Å²) in [6.45, 7) is 11.0. The van der Waals surface area contributed by atoms with Crippen molar-refractivity contribution in [2.24, 2.45) is 5.92 Å². The van der Waals surface area contributed by atoms with E-state index in [4.69, 9.17) is 4.74 Å². The maximum absolute atomic E-state index is 11.9. The Morgan fingerprint density at radius 3 is 2.52 bits per heavy atom. The molecule has 0 saturated heterocycles. The van der Waals surface area contributed by atoms with Crippen LogP contribution < -0.4 is 4.74 Å². The maximum Gasteiger partial charge on any atom is 0.248 e. The standard InChI is InChI=1S/C26H41NO2/c1-6-8-9-10-21-11-13-23(14-12-21)25-16-15-24(19-22(25)7-2)29-18-17-27(5)26(28)20(3)4/h15-16,19,21,23H,3,6-14,17-18H2,1-2,4-5H3. The van der Waals surface area contributed by atoms with Gasteiger partial charge in [0.2, 0.25) is 5.91 Å². The van der Waals surface area contributed by atoms with Crippen molar-refractivity contribution in [3.8, 4) is 5.75 Å². The number of hydrogen-bond acceptors (Lipinski definition) is 2. The van der Waals surface area contributed by atoms with E-state index < -0.39 is 0 Å². The topological polar surface area (TPSA) is 29.5 Å². The quantitative estimate of drug-likeness (QED) is 0.313. The fourth-order valence-corrected chi connectivity index (χ4v) is 4.55. The van der Waals surface area contributed by atoms with Crippen LogP contribution in [0.25, 0.3) is 0 Å². The number of unbranched alkanes of at least 4 members (excludes halogenated alkanes) is 2. The van der Waals surface area contributed by atoms with E-state index in [0.717, 1.165) is 18.1 Å². The highest BCUT2D eigenvalue weighted by Gasteiger charge is 2.23. The minimum Gasteiger partial charge on any atom is -0.492 e. The lowest BCUT2D eigenvalue weighted by molar-refractivity contribution is -0.126. The number of nitrogens with zero attached hydrogens (tertiary/aromatic N) is 1. The van der Waals surface area contributed by atoms with Crippen molar-refractivity contribution in [3.05, 3.63) is 41.5 Å². The molecule has 1 aromatic carbocycles. The van der Waals surface area contributed by atoms with Gasteiger partial charge in [-0.3, -0.25) is 4.79 Å².